The Bertz CT molecular complexity index is 411. The summed E-state index contributed by atoms with van der Waals surface area (Å²) in [5, 5.41) is 0. The van der Waals surface area contributed by atoms with Crippen molar-refractivity contribution in [3.8, 4) is 0 Å². The molecule has 0 aliphatic carbocycles. The molecule has 0 radical (unpaired) electrons. The van der Waals surface area contributed by atoms with Gasteiger partial charge in [-0.1, -0.05) is 34.1 Å². The summed E-state index contributed by atoms with van der Waals surface area (Å²) < 4.78 is 33.1. The van der Waals surface area contributed by atoms with Crippen molar-refractivity contribution in [2.75, 3.05) is 53.5 Å². The van der Waals surface area contributed by atoms with Gasteiger partial charge in [0.15, 0.2) is 0 Å². The smallest absolute Gasteiger partial charge is 0.217 e. The quantitative estimate of drug-likeness (QED) is 0.150. The van der Waals surface area contributed by atoms with Gasteiger partial charge in [-0.3, -0.25) is 18.9 Å². The summed E-state index contributed by atoms with van der Waals surface area (Å²) in [6.45, 7) is 11.9. The largest absolute Gasteiger partial charge is 0.726 e. The van der Waals surface area contributed by atoms with Crippen molar-refractivity contribution >= 4 is 19.6 Å². The standard InChI is InChI=1S/C13H32N3P.C4H10O4S/c1-7-14(4)13(11-10-12-17,15(5)8-2)16(6)9-3;1-2-3-4-8-9(5,6)7/h7-12,17H2,1-6H3;2-4H2,1H3,(H,5,6,7). The second-order valence-electron chi connectivity index (χ2n) is 6.36. The van der Waals surface area contributed by atoms with Crippen molar-refractivity contribution in [2.24, 2.45) is 0 Å². The van der Waals surface area contributed by atoms with E-state index in [-0.39, 0.29) is 12.4 Å². The molecule has 9 heteroatoms. The van der Waals surface area contributed by atoms with E-state index in [4.69, 9.17) is 0 Å². The molecule has 0 fully saturated rings. The van der Waals surface area contributed by atoms with Gasteiger partial charge < -0.3 is 4.55 Å². The van der Waals surface area contributed by atoms with E-state index in [0.717, 1.165) is 26.1 Å². The molecule has 0 N–H and O–H groups in total. The van der Waals surface area contributed by atoms with E-state index in [9.17, 15) is 13.0 Å². The molecule has 1 unspecified atom stereocenters. The van der Waals surface area contributed by atoms with E-state index in [1.54, 1.807) is 0 Å². The summed E-state index contributed by atoms with van der Waals surface area (Å²) in [5.74, 6) is 0.0821. The first-order chi connectivity index (χ1) is 12.1. The summed E-state index contributed by atoms with van der Waals surface area (Å²) in [6.07, 6.45) is 5.21. The zero-order valence-electron chi connectivity index (χ0n) is 18.0. The Hall–Kier alpha value is 0.180. The number of unbranched alkanes of at least 4 members (excludes halogenated alkanes) is 1. The van der Waals surface area contributed by atoms with E-state index in [0.29, 0.717) is 6.42 Å². The molecule has 0 amide bonds. The van der Waals surface area contributed by atoms with Gasteiger partial charge >= 0.3 is 0 Å². The summed E-state index contributed by atoms with van der Waals surface area (Å²) in [5.41, 5.74) is 0. The zero-order valence-corrected chi connectivity index (χ0v) is 20.2. The van der Waals surface area contributed by atoms with Crippen LogP contribution in [0.15, 0.2) is 0 Å². The topological polar surface area (TPSA) is 76.1 Å². The van der Waals surface area contributed by atoms with Crippen LogP contribution in [0.25, 0.3) is 0 Å². The Morgan fingerprint density at radius 2 is 1.35 bits per heavy atom. The van der Waals surface area contributed by atoms with E-state index in [1.807, 2.05) is 6.92 Å². The minimum absolute atomic E-state index is 0.00231. The molecular weight excluding hydrogens is 373 g/mol. The van der Waals surface area contributed by atoms with Crippen LogP contribution in [-0.2, 0) is 14.6 Å². The van der Waals surface area contributed by atoms with E-state index in [2.05, 4.69) is 70.0 Å². The molecule has 0 spiro atoms. The van der Waals surface area contributed by atoms with Crippen LogP contribution in [0.3, 0.4) is 0 Å². The van der Waals surface area contributed by atoms with Crippen LogP contribution in [0.4, 0.5) is 0 Å². The highest BCUT2D eigenvalue weighted by atomic mass is 32.3. The number of hydrogen-bond donors (Lipinski definition) is 0. The van der Waals surface area contributed by atoms with Gasteiger partial charge in [0.2, 0.25) is 10.4 Å². The molecule has 160 valence electrons. The van der Waals surface area contributed by atoms with Gasteiger partial charge in [-0.05, 0) is 69.3 Å². The fourth-order valence-corrected chi connectivity index (χ4v) is 3.45. The van der Waals surface area contributed by atoms with Crippen molar-refractivity contribution < 1.29 is 17.2 Å². The summed E-state index contributed by atoms with van der Waals surface area (Å²) in [4.78, 5) is 7.45. The average molecular weight is 416 g/mol. The lowest BCUT2D eigenvalue weighted by Gasteiger charge is -2.53. The molecule has 0 aromatic heterocycles. The van der Waals surface area contributed by atoms with E-state index >= 15 is 0 Å². The maximum Gasteiger partial charge on any atom is 0.217 e. The predicted molar refractivity (Wildman–Crippen MR) is 113 cm³/mol. The number of rotatable bonds is 13. The molecule has 0 saturated heterocycles. The molecule has 0 rings (SSSR count). The van der Waals surface area contributed by atoms with E-state index in [1.165, 1.54) is 19.0 Å². The first-order valence-corrected chi connectivity index (χ1v) is 11.9. The number of hydrogen-bond acceptors (Lipinski definition) is 7. The minimum Gasteiger partial charge on any atom is -0.726 e. The lowest BCUT2D eigenvalue weighted by molar-refractivity contribution is -0.141. The van der Waals surface area contributed by atoms with Crippen LogP contribution in [0.1, 0.15) is 53.4 Å². The third-order valence-electron chi connectivity index (χ3n) is 4.74. The monoisotopic (exact) mass is 415 g/mol. The first kappa shape index (κ1) is 28.4. The third-order valence-corrected chi connectivity index (χ3v) is 5.70. The summed E-state index contributed by atoms with van der Waals surface area (Å²) in [7, 11) is 4.37. The predicted octanol–water partition coefficient (Wildman–Crippen LogP) is 2.15. The molecule has 0 aromatic carbocycles. The first-order valence-electron chi connectivity index (χ1n) is 9.60. The van der Waals surface area contributed by atoms with Crippen molar-refractivity contribution in [1.29, 1.82) is 0 Å². The van der Waals surface area contributed by atoms with Crippen molar-refractivity contribution in [3.05, 3.63) is 0 Å². The van der Waals surface area contributed by atoms with Crippen LogP contribution in [0.5, 0.6) is 0 Å². The fraction of sp³-hybridized carbons (Fsp3) is 1.00. The van der Waals surface area contributed by atoms with Gasteiger partial charge in [-0.2, -0.15) is 0 Å². The Balaban J connectivity index is 0. The number of nitrogens with zero attached hydrogens (tertiary/aromatic N) is 3. The Labute approximate surface area is 164 Å². The maximum absolute atomic E-state index is 9.73. The highest BCUT2D eigenvalue weighted by Gasteiger charge is 2.40. The molecule has 1 atom stereocenters. The molecule has 0 aliphatic heterocycles. The third kappa shape index (κ3) is 10.5. The molecule has 7 nitrogen and oxygen atoms in total. The van der Waals surface area contributed by atoms with Gasteiger partial charge in [-0.25, -0.2) is 8.42 Å². The molecule has 26 heavy (non-hydrogen) atoms. The van der Waals surface area contributed by atoms with Crippen molar-refractivity contribution in [3.63, 3.8) is 0 Å². The van der Waals surface area contributed by atoms with Crippen molar-refractivity contribution in [2.45, 2.75) is 59.2 Å². The Morgan fingerprint density at radius 3 is 1.62 bits per heavy atom. The Kier molecular flexibility index (Phi) is 16.5. The van der Waals surface area contributed by atoms with Crippen LogP contribution in [-0.4, -0.2) is 87.0 Å². The van der Waals surface area contributed by atoms with Crippen LogP contribution < -0.4 is 0 Å². The highest BCUT2D eigenvalue weighted by molar-refractivity contribution is 7.80. The highest BCUT2D eigenvalue weighted by Crippen LogP contribution is 2.27. The van der Waals surface area contributed by atoms with Gasteiger partial charge in [0.05, 0.1) is 12.8 Å². The maximum atomic E-state index is 9.73. The van der Waals surface area contributed by atoms with Crippen LogP contribution >= 0.6 is 9.24 Å². The van der Waals surface area contributed by atoms with Crippen LogP contribution in [0.2, 0.25) is 0 Å². The second-order valence-corrected chi connectivity index (χ2v) is 8.12. The summed E-state index contributed by atoms with van der Waals surface area (Å²) in [6, 6.07) is 0. The van der Waals surface area contributed by atoms with Crippen molar-refractivity contribution in [1.82, 2.24) is 14.7 Å². The molecule has 0 bridgehead atoms. The molecule has 0 aliphatic rings. The lowest BCUT2D eigenvalue weighted by Crippen LogP contribution is -2.67. The van der Waals surface area contributed by atoms with Gasteiger partial charge in [0.1, 0.15) is 5.79 Å². The molecule has 0 aromatic rings. The molecule has 0 heterocycles. The summed E-state index contributed by atoms with van der Waals surface area (Å²) >= 11 is 0. The average Bonchev–Trinajstić information content (AvgIpc) is 2.60. The normalized spacial score (nSPS) is 12.7. The SMILES string of the molecule is CCCCOS(=O)(=O)[O-].CCN(C)C(CCC[PH3+])(N(C)CC)N(C)CC. The van der Waals surface area contributed by atoms with Gasteiger partial charge in [0, 0.05) is 0 Å². The molecular formula is C17H42N3O4PS. The second kappa shape index (κ2) is 15.1. The Morgan fingerprint density at radius 1 is 0.923 bits per heavy atom. The van der Waals surface area contributed by atoms with Gasteiger partial charge in [0.25, 0.3) is 0 Å². The molecule has 0 saturated carbocycles. The van der Waals surface area contributed by atoms with Crippen LogP contribution in [0, 0.1) is 0 Å². The fourth-order valence-electron chi connectivity index (χ4n) is 2.87. The zero-order chi connectivity index (χ0) is 20.8. The minimum atomic E-state index is -4.45. The lowest BCUT2D eigenvalue weighted by atomic mass is 10.1. The van der Waals surface area contributed by atoms with Gasteiger partial charge in [-0.15, -0.1) is 0 Å². The van der Waals surface area contributed by atoms with E-state index < -0.39 is 10.4 Å².